The maximum Gasteiger partial charge on any atom is -0.00853 e. The van der Waals surface area contributed by atoms with Gasteiger partial charge < -0.3 is 0 Å². The summed E-state index contributed by atoms with van der Waals surface area (Å²) in [6.45, 7) is 15.0. The first-order valence-corrected chi connectivity index (χ1v) is 13.2. The number of hydrogen-bond donors (Lipinski definition) is 0. The fourth-order valence-electron chi connectivity index (χ4n) is 9.04. The third-order valence-electron chi connectivity index (χ3n) is 10.8. The van der Waals surface area contributed by atoms with Gasteiger partial charge in [0.2, 0.25) is 0 Å². The van der Waals surface area contributed by atoms with E-state index < -0.39 is 0 Å². The van der Waals surface area contributed by atoms with Crippen molar-refractivity contribution < 1.29 is 0 Å². The van der Waals surface area contributed by atoms with Crippen LogP contribution in [0, 0.1) is 46.3 Å². The highest BCUT2D eigenvalue weighted by Gasteiger charge is 2.58. The fraction of sp³-hybridized carbons (Fsp3) is 0.862. The zero-order valence-corrected chi connectivity index (χ0v) is 20.4. The van der Waals surface area contributed by atoms with Gasteiger partial charge in [-0.2, -0.15) is 0 Å². The van der Waals surface area contributed by atoms with Gasteiger partial charge in [0.15, 0.2) is 0 Å². The highest BCUT2D eigenvalue weighted by Crippen LogP contribution is 2.67. The van der Waals surface area contributed by atoms with Crippen molar-refractivity contribution in [3.05, 3.63) is 23.3 Å². The first-order valence-electron chi connectivity index (χ1n) is 13.2. The average molecular weight is 397 g/mol. The van der Waals surface area contributed by atoms with Crippen LogP contribution >= 0.6 is 0 Å². The van der Waals surface area contributed by atoms with Crippen molar-refractivity contribution in [2.24, 2.45) is 46.3 Å². The number of allylic oxidation sites excluding steroid dienone is 4. The van der Waals surface area contributed by atoms with Gasteiger partial charge in [0, 0.05) is 0 Å². The van der Waals surface area contributed by atoms with Gasteiger partial charge in [0.05, 0.1) is 0 Å². The van der Waals surface area contributed by atoms with Crippen molar-refractivity contribution >= 4 is 0 Å². The molecule has 0 aromatic heterocycles. The Bertz CT molecular complexity index is 651. The third-order valence-corrected chi connectivity index (χ3v) is 10.8. The summed E-state index contributed by atoms with van der Waals surface area (Å²) in [5.41, 5.74) is 4.72. The number of rotatable bonds is 5. The Labute approximate surface area is 182 Å². The van der Waals surface area contributed by atoms with Gasteiger partial charge >= 0.3 is 0 Å². The lowest BCUT2D eigenvalue weighted by atomic mass is 9.47. The monoisotopic (exact) mass is 396 g/mol. The maximum absolute atomic E-state index is 2.74. The summed E-state index contributed by atoms with van der Waals surface area (Å²) in [6, 6.07) is 0. The molecule has 0 aromatic rings. The van der Waals surface area contributed by atoms with E-state index >= 15 is 0 Å². The second-order valence-corrected chi connectivity index (χ2v) is 12.2. The van der Waals surface area contributed by atoms with Crippen LogP contribution < -0.4 is 0 Å². The van der Waals surface area contributed by atoms with Crippen LogP contribution in [0.4, 0.5) is 0 Å². The van der Waals surface area contributed by atoms with E-state index in [1.807, 2.05) is 5.57 Å². The Morgan fingerprint density at radius 3 is 2.59 bits per heavy atom. The molecule has 0 amide bonds. The summed E-state index contributed by atoms with van der Waals surface area (Å²) in [7, 11) is 0. The molecule has 4 aliphatic rings. The predicted molar refractivity (Wildman–Crippen MR) is 127 cm³/mol. The number of fused-ring (bicyclic) bond motifs is 5. The summed E-state index contributed by atoms with van der Waals surface area (Å²) in [5, 5.41) is 0. The minimum Gasteiger partial charge on any atom is -0.0882 e. The molecule has 0 heteroatoms. The Kier molecular flexibility index (Phi) is 6.14. The molecule has 29 heavy (non-hydrogen) atoms. The zero-order chi connectivity index (χ0) is 20.8. The van der Waals surface area contributed by atoms with E-state index in [1.54, 1.807) is 5.57 Å². The van der Waals surface area contributed by atoms with Crippen LogP contribution in [0.3, 0.4) is 0 Å². The van der Waals surface area contributed by atoms with E-state index in [1.165, 1.54) is 70.6 Å². The molecule has 0 heterocycles. The number of hydrogen-bond acceptors (Lipinski definition) is 0. The molecule has 3 fully saturated rings. The molecule has 0 bridgehead atoms. The van der Waals surface area contributed by atoms with E-state index in [2.05, 4.69) is 53.7 Å². The molecule has 0 unspecified atom stereocenters. The normalized spacial score (nSPS) is 43.4. The second-order valence-electron chi connectivity index (χ2n) is 12.2. The zero-order valence-electron chi connectivity index (χ0n) is 20.4. The lowest BCUT2D eigenvalue weighted by Gasteiger charge is -2.58. The van der Waals surface area contributed by atoms with Crippen LogP contribution in [0.1, 0.15) is 112 Å². The standard InChI is InChI=1S/C29H48/c1-7-22(20(2)3)12-11-21(4)25-15-16-26-24-14-13-23-10-8-9-18-28(23,5)27(24)17-19-29(25,26)6/h7,13,20-21,24-27H,8-12,14-19H2,1-6H3/t21-,24+,25-,26+,27+,28+,29-/m1/s1. The summed E-state index contributed by atoms with van der Waals surface area (Å²) in [4.78, 5) is 0. The molecule has 0 aliphatic heterocycles. The molecule has 0 saturated heterocycles. The highest BCUT2D eigenvalue weighted by atomic mass is 14.6. The quantitative estimate of drug-likeness (QED) is 0.407. The maximum atomic E-state index is 2.74. The minimum absolute atomic E-state index is 0.560. The van der Waals surface area contributed by atoms with E-state index in [0.29, 0.717) is 16.7 Å². The molecule has 0 aromatic carbocycles. The van der Waals surface area contributed by atoms with Crippen LogP contribution in [0.25, 0.3) is 0 Å². The Morgan fingerprint density at radius 2 is 1.86 bits per heavy atom. The molecule has 4 rings (SSSR count). The van der Waals surface area contributed by atoms with Gasteiger partial charge in [-0.3, -0.25) is 0 Å². The fourth-order valence-corrected chi connectivity index (χ4v) is 9.04. The van der Waals surface area contributed by atoms with Crippen molar-refractivity contribution in [1.29, 1.82) is 0 Å². The summed E-state index contributed by atoms with van der Waals surface area (Å²) < 4.78 is 0. The lowest BCUT2D eigenvalue weighted by Crippen LogP contribution is -2.50. The Hall–Kier alpha value is -0.520. The van der Waals surface area contributed by atoms with Gasteiger partial charge in [-0.15, -0.1) is 0 Å². The third kappa shape index (κ3) is 3.59. The van der Waals surface area contributed by atoms with Crippen LogP contribution in [-0.2, 0) is 0 Å². The van der Waals surface area contributed by atoms with Crippen LogP contribution in [0.2, 0.25) is 0 Å². The average Bonchev–Trinajstić information content (AvgIpc) is 3.05. The summed E-state index contributed by atoms with van der Waals surface area (Å²) >= 11 is 0. The van der Waals surface area contributed by atoms with E-state index in [0.717, 1.165) is 29.6 Å². The van der Waals surface area contributed by atoms with Gasteiger partial charge in [0.1, 0.15) is 0 Å². The SMILES string of the molecule is CC=C(CC[C@@H](C)[C@H]1CC[C@H]2[C@@H]3CC=C4CCCC[C@]4(C)[C@H]3CC[C@]12C)C(C)C. The van der Waals surface area contributed by atoms with Crippen molar-refractivity contribution in [3.63, 3.8) is 0 Å². The van der Waals surface area contributed by atoms with Crippen molar-refractivity contribution in [2.45, 2.75) is 112 Å². The van der Waals surface area contributed by atoms with Crippen molar-refractivity contribution in [1.82, 2.24) is 0 Å². The summed E-state index contributed by atoms with van der Waals surface area (Å²) in [5.74, 6) is 5.54. The predicted octanol–water partition coefficient (Wildman–Crippen LogP) is 8.97. The Morgan fingerprint density at radius 1 is 1.07 bits per heavy atom. The van der Waals surface area contributed by atoms with Gasteiger partial charge in [-0.25, -0.2) is 0 Å². The van der Waals surface area contributed by atoms with Crippen LogP contribution in [-0.4, -0.2) is 0 Å². The van der Waals surface area contributed by atoms with Gasteiger partial charge in [-0.05, 0) is 117 Å². The van der Waals surface area contributed by atoms with Crippen LogP contribution in [0.5, 0.6) is 0 Å². The largest absolute Gasteiger partial charge is 0.0882 e. The molecule has 3 saturated carbocycles. The van der Waals surface area contributed by atoms with E-state index in [9.17, 15) is 0 Å². The molecule has 7 atom stereocenters. The molecular weight excluding hydrogens is 348 g/mol. The van der Waals surface area contributed by atoms with E-state index in [4.69, 9.17) is 0 Å². The van der Waals surface area contributed by atoms with Crippen LogP contribution in [0.15, 0.2) is 23.3 Å². The van der Waals surface area contributed by atoms with E-state index in [-0.39, 0.29) is 0 Å². The molecule has 0 spiro atoms. The first-order chi connectivity index (χ1) is 13.8. The molecule has 0 N–H and O–H groups in total. The topological polar surface area (TPSA) is 0 Å². The first kappa shape index (κ1) is 21.7. The molecule has 0 nitrogen and oxygen atoms in total. The second kappa shape index (κ2) is 8.20. The lowest BCUT2D eigenvalue weighted by molar-refractivity contribution is -0.0498. The smallest absolute Gasteiger partial charge is 0.00853 e. The molecule has 4 aliphatic carbocycles. The summed E-state index contributed by atoms with van der Waals surface area (Å²) in [6.07, 6.45) is 21.1. The van der Waals surface area contributed by atoms with Gasteiger partial charge in [-0.1, -0.05) is 64.3 Å². The Balaban J connectivity index is 1.48. The van der Waals surface area contributed by atoms with Crippen molar-refractivity contribution in [2.75, 3.05) is 0 Å². The van der Waals surface area contributed by atoms with Gasteiger partial charge in [0.25, 0.3) is 0 Å². The van der Waals surface area contributed by atoms with Crippen molar-refractivity contribution in [3.8, 4) is 0 Å². The minimum atomic E-state index is 0.560. The molecular formula is C29H48. The molecule has 0 radical (unpaired) electrons. The highest BCUT2D eigenvalue weighted by molar-refractivity contribution is 5.24. The molecule has 164 valence electrons.